The van der Waals surface area contributed by atoms with Gasteiger partial charge in [-0.2, -0.15) is 0 Å². The van der Waals surface area contributed by atoms with Gasteiger partial charge >= 0.3 is 0 Å². The fourth-order valence-electron chi connectivity index (χ4n) is 3.74. The van der Waals surface area contributed by atoms with E-state index in [1.807, 2.05) is 17.0 Å². The number of hydrogen-bond donors (Lipinski definition) is 0. The number of amides is 1. The zero-order valence-electron chi connectivity index (χ0n) is 15.7. The van der Waals surface area contributed by atoms with Gasteiger partial charge in [-0.25, -0.2) is 9.97 Å². The van der Waals surface area contributed by atoms with E-state index in [0.717, 1.165) is 42.7 Å². The molecule has 2 aromatic rings. The summed E-state index contributed by atoms with van der Waals surface area (Å²) in [6, 6.07) is 3.77. The fourth-order valence-corrected chi connectivity index (χ4v) is 3.74. The first kappa shape index (κ1) is 17.8. The molecular formula is C19H24N4O4. The lowest BCUT2D eigenvalue weighted by molar-refractivity contribution is -0.141. The third-order valence-electron chi connectivity index (χ3n) is 5.22. The summed E-state index contributed by atoms with van der Waals surface area (Å²) in [5.74, 6) is 2.26. The van der Waals surface area contributed by atoms with E-state index in [1.54, 1.807) is 20.5 Å². The minimum absolute atomic E-state index is 0.117. The molecule has 1 aromatic carbocycles. The molecule has 0 spiro atoms. The third-order valence-corrected chi connectivity index (χ3v) is 5.22. The molecule has 1 aromatic heterocycles. The van der Waals surface area contributed by atoms with E-state index in [9.17, 15) is 4.79 Å². The standard InChI is InChI=1S/C19H24N4O4/c1-25-16-10-13-14(11-17(16)26-2)20-12-21-18(13)22-5-7-23(8-6-22)19(24)15-4-3-9-27-15/h10-12,15H,3-9H2,1-2H3. The van der Waals surface area contributed by atoms with E-state index in [0.29, 0.717) is 31.2 Å². The summed E-state index contributed by atoms with van der Waals surface area (Å²) in [5.41, 5.74) is 0.801. The molecule has 0 saturated carbocycles. The first-order valence-electron chi connectivity index (χ1n) is 9.23. The van der Waals surface area contributed by atoms with E-state index in [-0.39, 0.29) is 12.0 Å². The molecule has 4 rings (SSSR count). The van der Waals surface area contributed by atoms with Gasteiger partial charge in [-0.05, 0) is 18.9 Å². The Labute approximate surface area is 158 Å². The number of nitrogens with zero attached hydrogens (tertiary/aromatic N) is 4. The van der Waals surface area contributed by atoms with Gasteiger partial charge in [-0.3, -0.25) is 4.79 Å². The quantitative estimate of drug-likeness (QED) is 0.804. The van der Waals surface area contributed by atoms with Gasteiger partial charge in [0.2, 0.25) is 0 Å². The number of aromatic nitrogens is 2. The zero-order valence-corrected chi connectivity index (χ0v) is 15.7. The summed E-state index contributed by atoms with van der Waals surface area (Å²) in [7, 11) is 3.22. The van der Waals surface area contributed by atoms with Gasteiger partial charge in [0.05, 0.1) is 19.7 Å². The highest BCUT2D eigenvalue weighted by Crippen LogP contribution is 2.35. The number of fused-ring (bicyclic) bond motifs is 1. The summed E-state index contributed by atoms with van der Waals surface area (Å²) in [6.07, 6.45) is 3.10. The molecule has 1 amide bonds. The van der Waals surface area contributed by atoms with E-state index >= 15 is 0 Å². The van der Waals surface area contributed by atoms with Crippen molar-refractivity contribution >= 4 is 22.6 Å². The molecule has 0 N–H and O–H groups in total. The Bertz CT molecular complexity index is 830. The maximum Gasteiger partial charge on any atom is 0.251 e. The van der Waals surface area contributed by atoms with Crippen molar-refractivity contribution in [3.63, 3.8) is 0 Å². The lowest BCUT2D eigenvalue weighted by Gasteiger charge is -2.36. The smallest absolute Gasteiger partial charge is 0.251 e. The SMILES string of the molecule is COc1cc2ncnc(N3CCN(C(=O)C4CCCO4)CC3)c2cc1OC. The average molecular weight is 372 g/mol. The monoisotopic (exact) mass is 372 g/mol. The highest BCUT2D eigenvalue weighted by Gasteiger charge is 2.31. The van der Waals surface area contributed by atoms with Crippen LogP contribution in [0.4, 0.5) is 5.82 Å². The minimum Gasteiger partial charge on any atom is -0.493 e. The molecule has 2 saturated heterocycles. The predicted octanol–water partition coefficient (Wildman–Crippen LogP) is 1.47. The molecule has 144 valence electrons. The molecule has 3 heterocycles. The Kier molecular flexibility index (Phi) is 4.98. The van der Waals surface area contributed by atoms with Crippen LogP contribution in [-0.2, 0) is 9.53 Å². The van der Waals surface area contributed by atoms with Crippen molar-refractivity contribution in [2.75, 3.05) is 51.9 Å². The van der Waals surface area contributed by atoms with Crippen molar-refractivity contribution in [1.82, 2.24) is 14.9 Å². The van der Waals surface area contributed by atoms with Crippen molar-refractivity contribution in [3.05, 3.63) is 18.5 Å². The van der Waals surface area contributed by atoms with Crippen molar-refractivity contribution in [1.29, 1.82) is 0 Å². The van der Waals surface area contributed by atoms with Crippen molar-refractivity contribution in [2.45, 2.75) is 18.9 Å². The molecule has 27 heavy (non-hydrogen) atoms. The van der Waals surface area contributed by atoms with Gasteiger partial charge in [0, 0.05) is 44.2 Å². The molecule has 1 atom stereocenters. The van der Waals surface area contributed by atoms with Crippen LogP contribution in [0.15, 0.2) is 18.5 Å². The van der Waals surface area contributed by atoms with Crippen molar-refractivity contribution in [2.24, 2.45) is 0 Å². The van der Waals surface area contributed by atoms with Gasteiger partial charge in [-0.15, -0.1) is 0 Å². The highest BCUT2D eigenvalue weighted by atomic mass is 16.5. The normalized spacial score (nSPS) is 20.1. The number of piperazine rings is 1. The second-order valence-electron chi connectivity index (χ2n) is 6.74. The summed E-state index contributed by atoms with van der Waals surface area (Å²) in [4.78, 5) is 25.5. The molecule has 0 radical (unpaired) electrons. The molecule has 2 aliphatic heterocycles. The highest BCUT2D eigenvalue weighted by molar-refractivity contribution is 5.92. The predicted molar refractivity (Wildman–Crippen MR) is 100 cm³/mol. The van der Waals surface area contributed by atoms with E-state index < -0.39 is 0 Å². The number of anilines is 1. The van der Waals surface area contributed by atoms with Crippen LogP contribution in [0.1, 0.15) is 12.8 Å². The fraction of sp³-hybridized carbons (Fsp3) is 0.526. The second kappa shape index (κ2) is 7.56. The van der Waals surface area contributed by atoms with Gasteiger partial charge in [0.15, 0.2) is 11.5 Å². The summed E-state index contributed by atoms with van der Waals surface area (Å²) >= 11 is 0. The lowest BCUT2D eigenvalue weighted by Crippen LogP contribution is -2.51. The topological polar surface area (TPSA) is 77.0 Å². The largest absolute Gasteiger partial charge is 0.493 e. The van der Waals surface area contributed by atoms with Crippen molar-refractivity contribution < 1.29 is 19.0 Å². The van der Waals surface area contributed by atoms with Crippen molar-refractivity contribution in [3.8, 4) is 11.5 Å². The van der Waals surface area contributed by atoms with Crippen LogP contribution < -0.4 is 14.4 Å². The molecule has 2 aliphatic rings. The average Bonchev–Trinajstić information content (AvgIpc) is 3.26. The van der Waals surface area contributed by atoms with Crippen LogP contribution in [0.5, 0.6) is 11.5 Å². The summed E-state index contributed by atoms with van der Waals surface area (Å²) < 4.78 is 16.3. The Hall–Kier alpha value is -2.61. The number of methoxy groups -OCH3 is 2. The maximum absolute atomic E-state index is 12.5. The Morgan fingerprint density at radius 2 is 1.85 bits per heavy atom. The molecule has 0 aliphatic carbocycles. The Balaban J connectivity index is 1.54. The van der Waals surface area contributed by atoms with Crippen LogP contribution in [-0.4, -0.2) is 73.9 Å². The van der Waals surface area contributed by atoms with Crippen LogP contribution in [0.2, 0.25) is 0 Å². The van der Waals surface area contributed by atoms with E-state index in [4.69, 9.17) is 14.2 Å². The van der Waals surface area contributed by atoms with E-state index in [2.05, 4.69) is 14.9 Å². The lowest BCUT2D eigenvalue weighted by atomic mass is 10.1. The number of ether oxygens (including phenoxy) is 3. The first-order chi connectivity index (χ1) is 13.2. The third kappa shape index (κ3) is 3.37. The Morgan fingerprint density at radius 1 is 1.11 bits per heavy atom. The van der Waals surface area contributed by atoms with Gasteiger partial charge < -0.3 is 24.0 Å². The molecule has 0 bridgehead atoms. The van der Waals surface area contributed by atoms with Gasteiger partial charge in [0.1, 0.15) is 18.2 Å². The van der Waals surface area contributed by atoms with E-state index in [1.165, 1.54) is 0 Å². The van der Waals surface area contributed by atoms with Crippen LogP contribution in [0.25, 0.3) is 10.9 Å². The molecule has 2 fully saturated rings. The molecule has 8 heteroatoms. The number of carbonyl (C=O) groups excluding carboxylic acids is 1. The van der Waals surface area contributed by atoms with Crippen LogP contribution in [0.3, 0.4) is 0 Å². The number of benzene rings is 1. The van der Waals surface area contributed by atoms with Gasteiger partial charge in [-0.1, -0.05) is 0 Å². The maximum atomic E-state index is 12.5. The zero-order chi connectivity index (χ0) is 18.8. The number of hydrogen-bond acceptors (Lipinski definition) is 7. The minimum atomic E-state index is -0.256. The molecule has 8 nitrogen and oxygen atoms in total. The second-order valence-corrected chi connectivity index (χ2v) is 6.74. The first-order valence-corrected chi connectivity index (χ1v) is 9.23. The Morgan fingerprint density at radius 3 is 2.52 bits per heavy atom. The molecule has 1 unspecified atom stereocenters. The van der Waals surface area contributed by atoms with Crippen LogP contribution in [0, 0.1) is 0 Å². The molecular weight excluding hydrogens is 348 g/mol. The number of rotatable bonds is 4. The summed E-state index contributed by atoms with van der Waals surface area (Å²) in [6.45, 7) is 3.46. The van der Waals surface area contributed by atoms with Gasteiger partial charge in [0.25, 0.3) is 5.91 Å². The summed E-state index contributed by atoms with van der Waals surface area (Å²) in [5, 5.41) is 0.911. The number of carbonyl (C=O) groups is 1. The van der Waals surface area contributed by atoms with Crippen LogP contribution >= 0.6 is 0 Å².